The number of hydrogen-bond acceptors (Lipinski definition) is 3. The second kappa shape index (κ2) is 7.84. The molecule has 0 spiro atoms. The molecule has 1 aliphatic carbocycles. The minimum Gasteiger partial charge on any atom is -0.497 e. The van der Waals surface area contributed by atoms with Crippen LogP contribution in [0.25, 0.3) is 0 Å². The molecule has 0 aliphatic heterocycles. The summed E-state index contributed by atoms with van der Waals surface area (Å²) in [5.41, 5.74) is 1.46. The minimum atomic E-state index is -0.257. The van der Waals surface area contributed by atoms with Gasteiger partial charge in [0.1, 0.15) is 17.4 Å². The molecule has 0 unspecified atom stereocenters. The van der Waals surface area contributed by atoms with Crippen LogP contribution in [0.3, 0.4) is 0 Å². The Morgan fingerprint density at radius 3 is 2.82 bits per heavy atom. The maximum Gasteiger partial charge on any atom is 0.254 e. The second-order valence-corrected chi connectivity index (χ2v) is 7.00. The van der Waals surface area contributed by atoms with Gasteiger partial charge in [-0.1, -0.05) is 18.2 Å². The Hall–Kier alpha value is -3.15. The van der Waals surface area contributed by atoms with Crippen LogP contribution in [0.1, 0.15) is 34.6 Å². The third-order valence-corrected chi connectivity index (χ3v) is 4.92. The van der Waals surface area contributed by atoms with E-state index < -0.39 is 0 Å². The molecule has 1 aliphatic rings. The van der Waals surface area contributed by atoms with E-state index in [1.807, 2.05) is 33.9 Å². The summed E-state index contributed by atoms with van der Waals surface area (Å²) in [4.78, 5) is 19.4. The van der Waals surface area contributed by atoms with Crippen LogP contribution in [0.5, 0.6) is 5.75 Å². The third kappa shape index (κ3) is 4.06. The molecule has 28 heavy (non-hydrogen) atoms. The minimum absolute atomic E-state index is 0.0262. The fraction of sp³-hybridized carbons (Fsp3) is 0.273. The Morgan fingerprint density at radius 2 is 2.07 bits per heavy atom. The number of aromatic nitrogens is 2. The molecule has 2 aromatic carbocycles. The van der Waals surface area contributed by atoms with Crippen molar-refractivity contribution in [2.45, 2.75) is 32.0 Å². The molecule has 144 valence electrons. The maximum absolute atomic E-state index is 13.5. The number of nitrogens with zero attached hydrogens (tertiary/aromatic N) is 3. The Balaban J connectivity index is 1.54. The van der Waals surface area contributed by atoms with Gasteiger partial charge in [-0.3, -0.25) is 4.79 Å². The second-order valence-electron chi connectivity index (χ2n) is 7.00. The predicted octanol–water partition coefficient (Wildman–Crippen LogP) is 3.88. The molecule has 0 N–H and O–H groups in total. The largest absolute Gasteiger partial charge is 0.497 e. The molecule has 1 amide bonds. The first kappa shape index (κ1) is 18.2. The van der Waals surface area contributed by atoms with E-state index in [0.717, 1.165) is 24.2 Å². The van der Waals surface area contributed by atoms with Crippen molar-refractivity contribution >= 4 is 5.91 Å². The van der Waals surface area contributed by atoms with Gasteiger partial charge in [0.15, 0.2) is 0 Å². The zero-order chi connectivity index (χ0) is 19.5. The lowest BCUT2D eigenvalue weighted by atomic mass is 10.2. The van der Waals surface area contributed by atoms with E-state index in [2.05, 4.69) is 4.98 Å². The van der Waals surface area contributed by atoms with E-state index in [-0.39, 0.29) is 17.8 Å². The van der Waals surface area contributed by atoms with E-state index in [1.165, 1.54) is 12.1 Å². The molecule has 0 bridgehead atoms. The first-order chi connectivity index (χ1) is 13.6. The summed E-state index contributed by atoms with van der Waals surface area (Å²) >= 11 is 0. The van der Waals surface area contributed by atoms with E-state index in [4.69, 9.17) is 4.74 Å². The van der Waals surface area contributed by atoms with Crippen LogP contribution in [-0.4, -0.2) is 33.5 Å². The smallest absolute Gasteiger partial charge is 0.254 e. The number of carbonyl (C=O) groups excluding carboxylic acids is 1. The number of ether oxygens (including phenoxy) is 1. The number of methoxy groups -OCH3 is 1. The Morgan fingerprint density at radius 1 is 1.25 bits per heavy atom. The van der Waals surface area contributed by atoms with Crippen molar-refractivity contribution in [1.29, 1.82) is 0 Å². The van der Waals surface area contributed by atoms with E-state index in [0.29, 0.717) is 24.4 Å². The van der Waals surface area contributed by atoms with E-state index >= 15 is 0 Å². The summed E-state index contributed by atoms with van der Waals surface area (Å²) in [5, 5.41) is 0. The molecule has 1 aromatic heterocycles. The van der Waals surface area contributed by atoms with Crippen LogP contribution in [0.15, 0.2) is 60.9 Å². The lowest BCUT2D eigenvalue weighted by Crippen LogP contribution is -2.33. The lowest BCUT2D eigenvalue weighted by molar-refractivity contribution is 0.0723. The first-order valence-corrected chi connectivity index (χ1v) is 9.33. The molecule has 3 aromatic rings. The molecular formula is C22H22FN3O2. The van der Waals surface area contributed by atoms with Crippen molar-refractivity contribution in [2.75, 3.05) is 7.11 Å². The predicted molar refractivity (Wildman–Crippen MR) is 104 cm³/mol. The molecule has 1 heterocycles. The van der Waals surface area contributed by atoms with Gasteiger partial charge in [-0.25, -0.2) is 9.37 Å². The summed E-state index contributed by atoms with van der Waals surface area (Å²) < 4.78 is 20.7. The van der Waals surface area contributed by atoms with Crippen molar-refractivity contribution in [1.82, 2.24) is 14.5 Å². The third-order valence-electron chi connectivity index (χ3n) is 4.92. The maximum atomic E-state index is 13.5. The molecule has 0 radical (unpaired) electrons. The fourth-order valence-corrected chi connectivity index (χ4v) is 3.29. The molecule has 0 saturated heterocycles. The zero-order valence-corrected chi connectivity index (χ0v) is 15.7. The standard InChI is InChI=1S/C22H22FN3O2/c1-28-20-7-3-5-17(13-20)22(27)26(19-8-9-19)15-21-24-10-11-25(21)14-16-4-2-6-18(23)12-16/h2-7,10-13,19H,8-9,14-15H2,1H3. The highest BCUT2D eigenvalue weighted by molar-refractivity contribution is 5.95. The van der Waals surface area contributed by atoms with Crippen molar-refractivity contribution in [3.8, 4) is 5.75 Å². The van der Waals surface area contributed by atoms with Gasteiger partial charge in [0.25, 0.3) is 5.91 Å². The number of imidazole rings is 1. The molecular weight excluding hydrogens is 357 g/mol. The highest BCUT2D eigenvalue weighted by Gasteiger charge is 2.34. The monoisotopic (exact) mass is 379 g/mol. The van der Waals surface area contributed by atoms with Crippen molar-refractivity contribution in [3.63, 3.8) is 0 Å². The van der Waals surface area contributed by atoms with Crippen molar-refractivity contribution in [3.05, 3.63) is 83.7 Å². The van der Waals surface area contributed by atoms with Gasteiger partial charge in [0, 0.05) is 30.5 Å². The Kier molecular flexibility index (Phi) is 5.10. The number of carbonyl (C=O) groups is 1. The molecule has 1 saturated carbocycles. The zero-order valence-electron chi connectivity index (χ0n) is 15.7. The van der Waals surface area contributed by atoms with Crippen LogP contribution in [0.2, 0.25) is 0 Å². The van der Waals surface area contributed by atoms with E-state index in [1.54, 1.807) is 31.5 Å². The summed E-state index contributed by atoms with van der Waals surface area (Å²) in [6, 6.07) is 14.0. The van der Waals surface area contributed by atoms with E-state index in [9.17, 15) is 9.18 Å². The molecule has 4 rings (SSSR count). The number of halogens is 1. The summed E-state index contributed by atoms with van der Waals surface area (Å²) in [6.45, 7) is 0.933. The van der Waals surface area contributed by atoms with Gasteiger partial charge in [-0.05, 0) is 48.7 Å². The normalized spacial score (nSPS) is 13.4. The van der Waals surface area contributed by atoms with Gasteiger partial charge >= 0.3 is 0 Å². The fourth-order valence-electron chi connectivity index (χ4n) is 3.29. The quantitative estimate of drug-likeness (QED) is 0.626. The van der Waals surface area contributed by atoms with Crippen LogP contribution in [0.4, 0.5) is 4.39 Å². The van der Waals surface area contributed by atoms with Crippen molar-refractivity contribution < 1.29 is 13.9 Å². The number of amides is 1. The van der Waals surface area contributed by atoms with Gasteiger partial charge in [0.05, 0.1) is 13.7 Å². The Bertz CT molecular complexity index is 981. The van der Waals surface area contributed by atoms with Gasteiger partial charge in [-0.2, -0.15) is 0 Å². The van der Waals surface area contributed by atoms with Crippen LogP contribution < -0.4 is 4.74 Å². The number of rotatable bonds is 7. The summed E-state index contributed by atoms with van der Waals surface area (Å²) in [7, 11) is 1.59. The van der Waals surface area contributed by atoms with Crippen molar-refractivity contribution in [2.24, 2.45) is 0 Å². The topological polar surface area (TPSA) is 47.4 Å². The number of hydrogen-bond donors (Lipinski definition) is 0. The summed E-state index contributed by atoms with van der Waals surface area (Å²) in [5.74, 6) is 1.16. The number of benzene rings is 2. The highest BCUT2D eigenvalue weighted by Crippen LogP contribution is 2.30. The van der Waals surface area contributed by atoms with Crippen LogP contribution in [-0.2, 0) is 13.1 Å². The molecule has 5 nitrogen and oxygen atoms in total. The molecule has 1 fully saturated rings. The lowest BCUT2D eigenvalue weighted by Gasteiger charge is -2.23. The Labute approximate surface area is 163 Å². The van der Waals surface area contributed by atoms with Gasteiger partial charge < -0.3 is 14.2 Å². The highest BCUT2D eigenvalue weighted by atomic mass is 19.1. The molecule has 0 atom stereocenters. The SMILES string of the molecule is COc1cccc(C(=O)N(Cc2nccn2Cc2cccc(F)c2)C2CC2)c1. The first-order valence-electron chi connectivity index (χ1n) is 9.33. The van der Waals surface area contributed by atoms with Gasteiger partial charge in [0.2, 0.25) is 0 Å². The van der Waals surface area contributed by atoms with Crippen LogP contribution in [0, 0.1) is 5.82 Å². The molecule has 6 heteroatoms. The van der Waals surface area contributed by atoms with Crippen LogP contribution >= 0.6 is 0 Å². The average Bonchev–Trinajstić information content (AvgIpc) is 3.46. The average molecular weight is 379 g/mol. The summed E-state index contributed by atoms with van der Waals surface area (Å²) in [6.07, 6.45) is 5.58. The van der Waals surface area contributed by atoms with Gasteiger partial charge in [-0.15, -0.1) is 0 Å².